The summed E-state index contributed by atoms with van der Waals surface area (Å²) in [6.07, 6.45) is 2.68. The summed E-state index contributed by atoms with van der Waals surface area (Å²) in [5, 5.41) is 21.8. The third-order valence-corrected chi connectivity index (χ3v) is 6.97. The van der Waals surface area contributed by atoms with Crippen LogP contribution in [0.4, 0.5) is 11.4 Å². The van der Waals surface area contributed by atoms with E-state index in [0.29, 0.717) is 0 Å². The number of amides is 1. The van der Waals surface area contributed by atoms with Crippen molar-refractivity contribution in [1.29, 1.82) is 0 Å². The number of carbonyl (C=O) groups is 1. The molecule has 11 nitrogen and oxygen atoms in total. The van der Waals surface area contributed by atoms with Gasteiger partial charge in [-0.15, -0.1) is 11.0 Å². The van der Waals surface area contributed by atoms with Crippen molar-refractivity contribution in [2.75, 3.05) is 6.54 Å². The lowest BCUT2D eigenvalue weighted by atomic mass is 10.2. The lowest BCUT2D eigenvalue weighted by Gasteiger charge is -2.12. The summed E-state index contributed by atoms with van der Waals surface area (Å²) in [4.78, 5) is 34.2. The highest BCUT2D eigenvalue weighted by Crippen LogP contribution is 2.35. The number of carbonyl (C=O) groups excluding carboxylic acids is 1. The predicted octanol–water partition coefficient (Wildman–Crippen LogP) is 4.00. The molecule has 170 valence electrons. The number of benzene rings is 2. The van der Waals surface area contributed by atoms with Gasteiger partial charge in [0.2, 0.25) is 0 Å². The Kier molecular flexibility index (Phi) is 6.95. The second-order valence-electron chi connectivity index (χ2n) is 6.38. The fourth-order valence-corrected chi connectivity index (χ4v) is 5.01. The van der Waals surface area contributed by atoms with E-state index < -0.39 is 25.8 Å². The van der Waals surface area contributed by atoms with E-state index in [4.69, 9.17) is 11.6 Å². The summed E-state index contributed by atoms with van der Waals surface area (Å²) < 4.78 is 29.1. The van der Waals surface area contributed by atoms with E-state index in [1.54, 1.807) is 0 Å². The van der Waals surface area contributed by atoms with Crippen molar-refractivity contribution in [3.05, 3.63) is 90.8 Å². The van der Waals surface area contributed by atoms with Gasteiger partial charge in [0.25, 0.3) is 27.3 Å². The number of amidine groups is 1. The topological polar surface area (TPSA) is 153 Å². The normalized spacial score (nSPS) is 16.4. The highest BCUT2D eigenvalue weighted by Gasteiger charge is 2.34. The summed E-state index contributed by atoms with van der Waals surface area (Å²) >= 11 is 6.83. The molecule has 0 aliphatic carbocycles. The van der Waals surface area contributed by atoms with Crippen molar-refractivity contribution in [2.45, 2.75) is 4.90 Å². The molecule has 1 fully saturated rings. The number of halogens is 1. The van der Waals surface area contributed by atoms with Crippen LogP contribution in [0.3, 0.4) is 0 Å². The van der Waals surface area contributed by atoms with Gasteiger partial charge in [0.1, 0.15) is 0 Å². The van der Waals surface area contributed by atoms with Gasteiger partial charge >= 0.3 is 0 Å². The molecule has 33 heavy (non-hydrogen) atoms. The minimum absolute atomic E-state index is 0.0388. The van der Waals surface area contributed by atoms with E-state index in [-0.39, 0.29) is 43.5 Å². The molecule has 1 aliphatic heterocycles. The maximum atomic E-state index is 12.8. The van der Waals surface area contributed by atoms with Crippen molar-refractivity contribution in [1.82, 2.24) is 4.90 Å². The van der Waals surface area contributed by atoms with Crippen LogP contribution >= 0.6 is 23.4 Å². The van der Waals surface area contributed by atoms with E-state index >= 15 is 0 Å². The highest BCUT2D eigenvalue weighted by atomic mass is 35.5. The fourth-order valence-electron chi connectivity index (χ4n) is 2.66. The molecule has 14 heteroatoms. The zero-order chi connectivity index (χ0) is 24.3. The number of nitro benzene ring substituents is 2. The smallest absolute Gasteiger partial charge is 0.282 e. The van der Waals surface area contributed by atoms with Crippen LogP contribution in [0.2, 0.25) is 5.02 Å². The van der Waals surface area contributed by atoms with E-state index in [9.17, 15) is 33.4 Å². The number of hydrogen-bond donors (Lipinski definition) is 0. The van der Waals surface area contributed by atoms with Gasteiger partial charge in [0.15, 0.2) is 5.17 Å². The number of thioether (sulfide) groups is 1. The third-order valence-electron chi connectivity index (χ3n) is 4.22. The van der Waals surface area contributed by atoms with E-state index in [2.05, 4.69) is 11.0 Å². The lowest BCUT2D eigenvalue weighted by molar-refractivity contribution is -0.385. The molecule has 0 bridgehead atoms. The van der Waals surface area contributed by atoms with Gasteiger partial charge in [-0.3, -0.25) is 29.9 Å². The molecule has 0 unspecified atom stereocenters. The Labute approximate surface area is 196 Å². The lowest BCUT2D eigenvalue weighted by Crippen LogP contribution is -2.29. The van der Waals surface area contributed by atoms with Crippen molar-refractivity contribution in [2.24, 2.45) is 4.40 Å². The summed E-state index contributed by atoms with van der Waals surface area (Å²) in [6.45, 7) is 3.49. The molecule has 1 aliphatic rings. The molecular formula is C19H13ClN4O7S2. The Morgan fingerprint density at radius 1 is 1.09 bits per heavy atom. The van der Waals surface area contributed by atoms with Crippen LogP contribution in [-0.2, 0) is 14.8 Å². The van der Waals surface area contributed by atoms with E-state index in [1.165, 1.54) is 30.4 Å². The minimum Gasteiger partial charge on any atom is -0.282 e. The molecular weight excluding hydrogens is 496 g/mol. The second-order valence-corrected chi connectivity index (χ2v) is 9.40. The molecule has 2 aromatic rings. The Morgan fingerprint density at radius 2 is 1.70 bits per heavy atom. The summed E-state index contributed by atoms with van der Waals surface area (Å²) in [6, 6.07) is 7.83. The highest BCUT2D eigenvalue weighted by molar-refractivity contribution is 8.19. The SMILES string of the molecule is C=CCN1C(=O)/C(=C\c2cc([N+](=O)[O-])ccc2Cl)S/C1=N\S(=O)(=O)c1ccc([N+](=O)[O-])cc1. The molecule has 1 saturated heterocycles. The van der Waals surface area contributed by atoms with Gasteiger partial charge in [0, 0.05) is 41.4 Å². The first-order valence-corrected chi connectivity index (χ1v) is 11.5. The number of nitro groups is 2. The van der Waals surface area contributed by atoms with Crippen LogP contribution in [0.1, 0.15) is 5.56 Å². The molecule has 2 aromatic carbocycles. The summed E-state index contributed by atoms with van der Waals surface area (Å²) in [7, 11) is -4.31. The van der Waals surface area contributed by atoms with Crippen LogP contribution in [0.5, 0.6) is 0 Å². The molecule has 0 spiro atoms. The van der Waals surface area contributed by atoms with Crippen molar-refractivity contribution in [3.63, 3.8) is 0 Å². The van der Waals surface area contributed by atoms with Gasteiger partial charge in [-0.2, -0.15) is 8.42 Å². The first-order chi connectivity index (χ1) is 15.5. The Balaban J connectivity index is 2.01. The van der Waals surface area contributed by atoms with E-state index in [0.717, 1.165) is 40.9 Å². The number of hydrogen-bond acceptors (Lipinski definition) is 8. The van der Waals surface area contributed by atoms with Gasteiger partial charge in [-0.25, -0.2) is 0 Å². The third kappa shape index (κ3) is 5.27. The van der Waals surface area contributed by atoms with E-state index in [1.807, 2.05) is 0 Å². The van der Waals surface area contributed by atoms with Crippen LogP contribution < -0.4 is 0 Å². The van der Waals surface area contributed by atoms with Gasteiger partial charge < -0.3 is 0 Å². The van der Waals surface area contributed by atoms with Gasteiger partial charge in [-0.1, -0.05) is 17.7 Å². The van der Waals surface area contributed by atoms with Crippen LogP contribution in [-0.4, -0.2) is 40.8 Å². The monoisotopic (exact) mass is 508 g/mol. The van der Waals surface area contributed by atoms with Crippen LogP contribution in [0, 0.1) is 20.2 Å². The average molecular weight is 509 g/mol. The Morgan fingerprint density at radius 3 is 2.27 bits per heavy atom. The van der Waals surface area contributed by atoms with Crippen LogP contribution in [0.15, 0.2) is 69.3 Å². The number of nitrogens with zero attached hydrogens (tertiary/aromatic N) is 4. The Bertz CT molecular complexity index is 1340. The zero-order valence-corrected chi connectivity index (χ0v) is 18.8. The largest absolute Gasteiger partial charge is 0.284 e. The maximum Gasteiger partial charge on any atom is 0.284 e. The molecule has 1 amide bonds. The molecule has 0 radical (unpaired) electrons. The Hall–Kier alpha value is -3.55. The summed E-state index contributed by atoms with van der Waals surface area (Å²) in [5.74, 6) is -0.597. The zero-order valence-electron chi connectivity index (χ0n) is 16.5. The number of non-ortho nitro benzene ring substituents is 2. The molecule has 0 saturated carbocycles. The predicted molar refractivity (Wildman–Crippen MR) is 123 cm³/mol. The standard InChI is InChI=1S/C19H13ClN4O7S2/c1-2-9-22-18(25)17(11-12-10-14(24(28)29)5-8-16(12)20)32-19(22)21-33(30,31)15-6-3-13(4-7-15)23(26)27/h2-8,10-11H,1,9H2/b17-11+,21-19-. The second kappa shape index (κ2) is 9.52. The molecule has 0 N–H and O–H groups in total. The van der Waals surface area contributed by atoms with Gasteiger partial charge in [0.05, 0.1) is 19.6 Å². The fraction of sp³-hybridized carbons (Fsp3) is 0.0526. The molecule has 0 atom stereocenters. The summed E-state index contributed by atoms with van der Waals surface area (Å²) in [5.41, 5.74) is -0.335. The van der Waals surface area contributed by atoms with Crippen molar-refractivity contribution < 1.29 is 23.1 Å². The average Bonchev–Trinajstić information content (AvgIpc) is 3.03. The molecule has 1 heterocycles. The molecule has 0 aromatic heterocycles. The van der Waals surface area contributed by atoms with Crippen LogP contribution in [0.25, 0.3) is 6.08 Å². The first kappa shape index (κ1) is 24.1. The maximum absolute atomic E-state index is 12.8. The first-order valence-electron chi connectivity index (χ1n) is 8.89. The number of sulfonamides is 1. The van der Waals surface area contributed by atoms with Gasteiger partial charge in [-0.05, 0) is 36.0 Å². The quantitative estimate of drug-likeness (QED) is 0.235. The number of rotatable bonds is 7. The molecule has 3 rings (SSSR count). The van der Waals surface area contributed by atoms with Crippen molar-refractivity contribution in [3.8, 4) is 0 Å². The minimum atomic E-state index is -4.31. The van der Waals surface area contributed by atoms with Crippen molar-refractivity contribution >= 4 is 61.9 Å².